The van der Waals surface area contributed by atoms with E-state index in [1.165, 1.54) is 4.90 Å². The van der Waals surface area contributed by atoms with Crippen LogP contribution in [-0.2, 0) is 33.4 Å². The highest BCUT2D eigenvalue weighted by Crippen LogP contribution is 2.28. The summed E-state index contributed by atoms with van der Waals surface area (Å²) in [5, 5.41) is 5.22. The second kappa shape index (κ2) is 12.8. The summed E-state index contributed by atoms with van der Waals surface area (Å²) < 4.78 is 16.6. The highest BCUT2D eigenvalue weighted by molar-refractivity contribution is 6.05. The van der Waals surface area contributed by atoms with Crippen LogP contribution in [0.5, 0.6) is 0 Å². The van der Waals surface area contributed by atoms with Crippen LogP contribution in [-0.4, -0.2) is 85.8 Å². The predicted molar refractivity (Wildman–Crippen MR) is 151 cm³/mol. The molecule has 0 aliphatic carbocycles. The third kappa shape index (κ3) is 6.77. The first-order chi connectivity index (χ1) is 20.6. The van der Waals surface area contributed by atoms with Gasteiger partial charge in [0.25, 0.3) is 17.7 Å². The second-order valence-corrected chi connectivity index (χ2v) is 10.4. The second-order valence-electron chi connectivity index (χ2n) is 10.4. The molecular formula is C29H33N5O9. The lowest BCUT2D eigenvalue weighted by Crippen LogP contribution is -2.56. The van der Waals surface area contributed by atoms with Crippen LogP contribution in [0.2, 0.25) is 0 Å². The smallest absolute Gasteiger partial charge is 0.427 e. The number of nitrogens with zero attached hydrogens (tertiary/aromatic N) is 2. The number of aryl methyl sites for hydroxylation is 1. The summed E-state index contributed by atoms with van der Waals surface area (Å²) in [5.41, 5.74) is 5.22. The number of esters is 1. The van der Waals surface area contributed by atoms with E-state index in [4.69, 9.17) is 14.2 Å². The van der Waals surface area contributed by atoms with E-state index >= 15 is 0 Å². The Balaban J connectivity index is 1.33. The molecule has 3 fully saturated rings. The quantitative estimate of drug-likeness (QED) is 0.399. The zero-order valence-electron chi connectivity index (χ0n) is 24.0. The van der Waals surface area contributed by atoms with Crippen molar-refractivity contribution in [1.82, 2.24) is 15.7 Å². The largest absolute Gasteiger partial charge is 0.449 e. The van der Waals surface area contributed by atoms with Crippen molar-refractivity contribution >= 4 is 41.2 Å². The summed E-state index contributed by atoms with van der Waals surface area (Å²) in [4.78, 5) is 71.5. The first-order valence-corrected chi connectivity index (χ1v) is 13.9. The molecule has 0 bridgehead atoms. The fourth-order valence-corrected chi connectivity index (χ4v) is 5.13. The Labute approximate surface area is 247 Å². The number of rotatable bonds is 7. The van der Waals surface area contributed by atoms with Crippen LogP contribution in [0.15, 0.2) is 42.5 Å². The first kappa shape index (κ1) is 29.9. The molecule has 43 heavy (non-hydrogen) atoms. The van der Waals surface area contributed by atoms with E-state index in [1.807, 2.05) is 13.8 Å². The number of nitrogens with one attached hydrogen (secondary N) is 3. The molecule has 3 aliphatic heterocycles. The maximum Gasteiger partial charge on any atom is 0.427 e. The van der Waals surface area contributed by atoms with Crippen molar-refractivity contribution in [2.45, 2.75) is 45.2 Å². The van der Waals surface area contributed by atoms with Gasteiger partial charge in [0, 0.05) is 43.5 Å². The molecular weight excluding hydrogens is 562 g/mol. The lowest BCUT2D eigenvalue weighted by Gasteiger charge is -2.36. The molecule has 0 spiro atoms. The SMILES string of the molecule is CC(=O)OC(C(=O)Nc1ccc(C2NOC(=O)N2)cc1)C1OCCN(c2cc(C(=O)N3CCOC(C)C3)ccc2C)C1=O. The summed E-state index contributed by atoms with van der Waals surface area (Å²) in [5.74, 6) is -2.29. The Morgan fingerprint density at radius 3 is 2.47 bits per heavy atom. The number of hydrogen-bond acceptors (Lipinski definition) is 10. The van der Waals surface area contributed by atoms with Gasteiger partial charge in [-0.2, -0.15) is 0 Å². The maximum absolute atomic E-state index is 13.8. The standard InChI is InChI=1S/C29H33N5O9/c1-16-4-5-20(27(37)33-10-12-40-17(2)15-33)14-22(16)34-11-13-41-24(28(34)38)23(42-18(3)35)26(36)30-21-8-6-19(7-9-21)25-31-29(39)43-32-25/h4-9,14,17,23-25,32H,10-13,15H2,1-3H3,(H,30,36)(H,31,39). The molecule has 4 unspecified atom stereocenters. The Hall–Kier alpha value is -4.53. The summed E-state index contributed by atoms with van der Waals surface area (Å²) in [6, 6.07) is 11.6. The van der Waals surface area contributed by atoms with Gasteiger partial charge in [-0.05, 0) is 49.2 Å². The predicted octanol–water partition coefficient (Wildman–Crippen LogP) is 1.40. The third-order valence-electron chi connectivity index (χ3n) is 7.27. The number of morpholine rings is 2. The number of amides is 4. The lowest BCUT2D eigenvalue weighted by molar-refractivity contribution is -0.167. The summed E-state index contributed by atoms with van der Waals surface area (Å²) in [6.45, 7) is 6.48. The number of ether oxygens (including phenoxy) is 3. The molecule has 0 saturated carbocycles. The Morgan fingerprint density at radius 2 is 1.79 bits per heavy atom. The normalized spacial score (nSPS) is 22.8. The van der Waals surface area contributed by atoms with Gasteiger partial charge in [-0.3, -0.25) is 24.5 Å². The van der Waals surface area contributed by atoms with Crippen molar-refractivity contribution in [2.24, 2.45) is 0 Å². The Morgan fingerprint density at radius 1 is 1.05 bits per heavy atom. The molecule has 2 aromatic rings. The van der Waals surface area contributed by atoms with Crippen molar-refractivity contribution in [3.63, 3.8) is 0 Å². The van der Waals surface area contributed by atoms with E-state index in [0.29, 0.717) is 42.2 Å². The first-order valence-electron chi connectivity index (χ1n) is 13.9. The number of anilines is 2. The minimum atomic E-state index is -1.59. The van der Waals surface area contributed by atoms with Crippen molar-refractivity contribution in [1.29, 1.82) is 0 Å². The highest BCUT2D eigenvalue weighted by Gasteiger charge is 2.43. The molecule has 4 amide bonds. The van der Waals surface area contributed by atoms with Crippen LogP contribution >= 0.6 is 0 Å². The fourth-order valence-electron chi connectivity index (χ4n) is 5.13. The van der Waals surface area contributed by atoms with Crippen molar-refractivity contribution in [3.05, 3.63) is 59.2 Å². The molecule has 3 aliphatic rings. The van der Waals surface area contributed by atoms with E-state index in [0.717, 1.165) is 12.5 Å². The van der Waals surface area contributed by atoms with Gasteiger partial charge in [0.1, 0.15) is 6.17 Å². The van der Waals surface area contributed by atoms with Crippen LogP contribution in [0.4, 0.5) is 16.2 Å². The summed E-state index contributed by atoms with van der Waals surface area (Å²) in [7, 11) is 0. The van der Waals surface area contributed by atoms with E-state index in [-0.39, 0.29) is 25.2 Å². The van der Waals surface area contributed by atoms with E-state index in [1.54, 1.807) is 47.4 Å². The molecule has 3 N–H and O–H groups in total. The minimum Gasteiger partial charge on any atom is -0.449 e. The van der Waals surface area contributed by atoms with E-state index in [2.05, 4.69) is 21.0 Å². The fraction of sp³-hybridized carbons (Fsp3) is 0.414. The lowest BCUT2D eigenvalue weighted by atomic mass is 10.0. The maximum atomic E-state index is 13.8. The molecule has 0 aromatic heterocycles. The van der Waals surface area contributed by atoms with Crippen molar-refractivity contribution < 1.29 is 43.0 Å². The van der Waals surface area contributed by atoms with Gasteiger partial charge in [0.15, 0.2) is 6.10 Å². The highest BCUT2D eigenvalue weighted by atomic mass is 16.7. The summed E-state index contributed by atoms with van der Waals surface area (Å²) in [6.07, 6.45) is -4.26. The average molecular weight is 596 g/mol. The Bertz CT molecular complexity index is 1420. The van der Waals surface area contributed by atoms with E-state index < -0.39 is 42.3 Å². The third-order valence-corrected chi connectivity index (χ3v) is 7.27. The van der Waals surface area contributed by atoms with Gasteiger partial charge in [-0.25, -0.2) is 4.79 Å². The molecule has 3 saturated heterocycles. The van der Waals surface area contributed by atoms with Gasteiger partial charge < -0.3 is 34.2 Å². The average Bonchev–Trinajstić information content (AvgIpc) is 3.42. The number of benzene rings is 2. The zero-order chi connectivity index (χ0) is 30.7. The summed E-state index contributed by atoms with van der Waals surface area (Å²) >= 11 is 0. The molecule has 0 radical (unpaired) electrons. The van der Waals surface area contributed by atoms with Crippen molar-refractivity contribution in [2.75, 3.05) is 43.1 Å². The number of carbonyl (C=O) groups is 5. The Kier molecular flexibility index (Phi) is 8.89. The molecule has 4 atom stereocenters. The molecule has 228 valence electrons. The number of carbonyl (C=O) groups excluding carboxylic acids is 5. The van der Waals surface area contributed by atoms with Crippen LogP contribution < -0.4 is 21.0 Å². The van der Waals surface area contributed by atoms with Gasteiger partial charge in [0.2, 0.25) is 6.10 Å². The topological polar surface area (TPSA) is 165 Å². The zero-order valence-corrected chi connectivity index (χ0v) is 24.0. The number of hydrogen-bond donors (Lipinski definition) is 3. The van der Waals surface area contributed by atoms with Gasteiger partial charge in [-0.1, -0.05) is 18.2 Å². The molecule has 2 aromatic carbocycles. The van der Waals surface area contributed by atoms with Gasteiger partial charge in [-0.15, -0.1) is 5.48 Å². The minimum absolute atomic E-state index is 0.0664. The van der Waals surface area contributed by atoms with Gasteiger partial charge >= 0.3 is 12.1 Å². The number of hydroxylamine groups is 1. The van der Waals surface area contributed by atoms with Crippen LogP contribution in [0.1, 0.15) is 41.5 Å². The van der Waals surface area contributed by atoms with Crippen LogP contribution in [0.3, 0.4) is 0 Å². The molecule has 14 heteroatoms. The van der Waals surface area contributed by atoms with Crippen LogP contribution in [0, 0.1) is 6.92 Å². The molecule has 3 heterocycles. The monoisotopic (exact) mass is 595 g/mol. The van der Waals surface area contributed by atoms with E-state index in [9.17, 15) is 24.0 Å². The molecule has 5 rings (SSSR count). The van der Waals surface area contributed by atoms with Crippen LogP contribution in [0.25, 0.3) is 0 Å². The van der Waals surface area contributed by atoms with Crippen molar-refractivity contribution in [3.8, 4) is 0 Å². The van der Waals surface area contributed by atoms with Gasteiger partial charge in [0.05, 0.1) is 19.3 Å². The molecule has 14 nitrogen and oxygen atoms in total.